The minimum Gasteiger partial charge on any atom is -0.310 e. The van der Waals surface area contributed by atoms with Gasteiger partial charge in [0, 0.05) is 16.1 Å². The minimum atomic E-state index is -0.431. The van der Waals surface area contributed by atoms with Crippen LogP contribution in [0.5, 0.6) is 0 Å². The van der Waals surface area contributed by atoms with E-state index >= 15 is 0 Å². The summed E-state index contributed by atoms with van der Waals surface area (Å²) in [5.41, 5.74) is 1.44. The van der Waals surface area contributed by atoms with E-state index in [0.29, 0.717) is 23.0 Å². The molecule has 2 aromatic rings. The lowest BCUT2D eigenvalue weighted by Gasteiger charge is -2.20. The zero-order valence-electron chi connectivity index (χ0n) is 11.5. The topological polar surface area (TPSA) is 12.0 Å². The Morgan fingerprint density at radius 2 is 1.81 bits per heavy atom. The first kappa shape index (κ1) is 16.4. The summed E-state index contributed by atoms with van der Waals surface area (Å²) < 4.78 is 27.8. The average molecular weight is 375 g/mol. The SMILES string of the molecule is CCNC(Cc1ccc(F)cc1)c1ccc(Br)c(Cl)c1F. The van der Waals surface area contributed by atoms with Gasteiger partial charge in [-0.25, -0.2) is 8.78 Å². The zero-order valence-corrected chi connectivity index (χ0v) is 13.8. The smallest absolute Gasteiger partial charge is 0.147 e. The van der Waals surface area contributed by atoms with Crippen LogP contribution in [-0.2, 0) is 6.42 Å². The first-order valence-corrected chi connectivity index (χ1v) is 7.81. The number of rotatable bonds is 5. The van der Waals surface area contributed by atoms with Crippen LogP contribution in [-0.4, -0.2) is 6.54 Å². The van der Waals surface area contributed by atoms with Crippen LogP contribution in [0.25, 0.3) is 0 Å². The number of hydrogen-bond acceptors (Lipinski definition) is 1. The quantitative estimate of drug-likeness (QED) is 0.703. The Hall–Kier alpha value is -0.970. The molecule has 0 fully saturated rings. The van der Waals surface area contributed by atoms with E-state index < -0.39 is 5.82 Å². The van der Waals surface area contributed by atoms with E-state index in [4.69, 9.17) is 11.6 Å². The van der Waals surface area contributed by atoms with Gasteiger partial charge in [0.25, 0.3) is 0 Å². The van der Waals surface area contributed by atoms with Crippen molar-refractivity contribution in [2.75, 3.05) is 6.54 Å². The van der Waals surface area contributed by atoms with Crippen molar-refractivity contribution in [2.45, 2.75) is 19.4 Å². The highest BCUT2D eigenvalue weighted by molar-refractivity contribution is 9.10. The van der Waals surface area contributed by atoms with Crippen LogP contribution in [0.15, 0.2) is 40.9 Å². The van der Waals surface area contributed by atoms with Crippen molar-refractivity contribution < 1.29 is 8.78 Å². The van der Waals surface area contributed by atoms with Gasteiger partial charge in [-0.2, -0.15) is 0 Å². The van der Waals surface area contributed by atoms with Gasteiger partial charge in [0.15, 0.2) is 0 Å². The van der Waals surface area contributed by atoms with E-state index in [1.165, 1.54) is 12.1 Å². The second-order valence-electron chi connectivity index (χ2n) is 4.71. The van der Waals surface area contributed by atoms with E-state index in [1.54, 1.807) is 24.3 Å². The first-order chi connectivity index (χ1) is 10.0. The number of hydrogen-bond donors (Lipinski definition) is 1. The number of nitrogens with one attached hydrogen (secondary N) is 1. The van der Waals surface area contributed by atoms with Crippen LogP contribution >= 0.6 is 27.5 Å². The predicted molar refractivity (Wildman–Crippen MR) is 85.6 cm³/mol. The van der Waals surface area contributed by atoms with E-state index in [-0.39, 0.29) is 16.9 Å². The summed E-state index contributed by atoms with van der Waals surface area (Å²) in [4.78, 5) is 0. The van der Waals surface area contributed by atoms with E-state index in [9.17, 15) is 8.78 Å². The molecule has 0 saturated heterocycles. The van der Waals surface area contributed by atoms with Gasteiger partial charge in [-0.3, -0.25) is 0 Å². The molecule has 1 unspecified atom stereocenters. The third-order valence-corrected chi connectivity index (χ3v) is 4.50. The van der Waals surface area contributed by atoms with Gasteiger partial charge in [-0.15, -0.1) is 0 Å². The molecule has 1 atom stereocenters. The van der Waals surface area contributed by atoms with E-state index in [1.807, 2.05) is 6.92 Å². The molecular weight excluding hydrogens is 360 g/mol. The molecule has 0 bridgehead atoms. The van der Waals surface area contributed by atoms with Crippen molar-refractivity contribution in [1.82, 2.24) is 5.32 Å². The van der Waals surface area contributed by atoms with Crippen molar-refractivity contribution in [3.05, 3.63) is 68.7 Å². The monoisotopic (exact) mass is 373 g/mol. The fraction of sp³-hybridized carbons (Fsp3) is 0.250. The Morgan fingerprint density at radius 1 is 1.14 bits per heavy atom. The highest BCUT2D eigenvalue weighted by Crippen LogP contribution is 2.31. The summed E-state index contributed by atoms with van der Waals surface area (Å²) >= 11 is 9.16. The maximum Gasteiger partial charge on any atom is 0.147 e. The molecule has 0 aliphatic rings. The van der Waals surface area contributed by atoms with Crippen LogP contribution in [0.2, 0.25) is 5.02 Å². The zero-order chi connectivity index (χ0) is 15.4. The normalized spacial score (nSPS) is 12.4. The molecule has 2 rings (SSSR count). The van der Waals surface area contributed by atoms with Crippen LogP contribution in [0.1, 0.15) is 24.1 Å². The van der Waals surface area contributed by atoms with Gasteiger partial charge in [-0.1, -0.05) is 36.7 Å². The maximum absolute atomic E-state index is 14.3. The Kier molecular flexibility index (Phi) is 5.73. The standard InChI is InChI=1S/C16H15BrClF2N/c1-2-21-14(9-10-3-5-11(19)6-4-10)12-7-8-13(17)15(18)16(12)20/h3-8,14,21H,2,9H2,1H3. The first-order valence-electron chi connectivity index (χ1n) is 6.64. The second-order valence-corrected chi connectivity index (χ2v) is 5.94. The van der Waals surface area contributed by atoms with Crippen molar-refractivity contribution in [3.63, 3.8) is 0 Å². The maximum atomic E-state index is 14.3. The highest BCUT2D eigenvalue weighted by atomic mass is 79.9. The second kappa shape index (κ2) is 7.34. The van der Waals surface area contributed by atoms with Crippen LogP contribution in [0.4, 0.5) is 8.78 Å². The molecule has 0 amide bonds. The molecule has 1 N–H and O–H groups in total. The molecule has 0 radical (unpaired) electrons. The summed E-state index contributed by atoms with van der Waals surface area (Å²) in [5, 5.41) is 3.32. The summed E-state index contributed by atoms with van der Waals surface area (Å²) in [5.74, 6) is -0.712. The van der Waals surface area contributed by atoms with Crippen molar-refractivity contribution in [3.8, 4) is 0 Å². The van der Waals surface area contributed by atoms with Gasteiger partial charge in [-0.05, 0) is 52.7 Å². The third-order valence-electron chi connectivity index (χ3n) is 3.24. The summed E-state index contributed by atoms with van der Waals surface area (Å²) in [6, 6.07) is 9.45. The molecule has 0 heterocycles. The number of likely N-dealkylation sites (N-methyl/N-ethyl adjacent to an activating group) is 1. The molecule has 0 saturated carbocycles. The molecular formula is C16H15BrClF2N. The average Bonchev–Trinajstić information content (AvgIpc) is 2.47. The largest absolute Gasteiger partial charge is 0.310 e. The van der Waals surface area contributed by atoms with Crippen molar-refractivity contribution >= 4 is 27.5 Å². The van der Waals surface area contributed by atoms with Gasteiger partial charge >= 0.3 is 0 Å². The fourth-order valence-electron chi connectivity index (χ4n) is 2.20. The summed E-state index contributed by atoms with van der Waals surface area (Å²) in [7, 11) is 0. The molecule has 0 aliphatic carbocycles. The minimum absolute atomic E-state index is 0.0782. The Balaban J connectivity index is 2.30. The lowest BCUT2D eigenvalue weighted by atomic mass is 9.98. The number of halogens is 4. The van der Waals surface area contributed by atoms with Crippen molar-refractivity contribution in [1.29, 1.82) is 0 Å². The van der Waals surface area contributed by atoms with E-state index in [2.05, 4.69) is 21.2 Å². The van der Waals surface area contributed by atoms with Crippen LogP contribution < -0.4 is 5.32 Å². The Labute approximate surface area is 136 Å². The van der Waals surface area contributed by atoms with Crippen LogP contribution in [0.3, 0.4) is 0 Å². The predicted octanol–water partition coefficient (Wildman–Crippen LogP) is 5.27. The highest BCUT2D eigenvalue weighted by Gasteiger charge is 2.19. The molecule has 2 aromatic carbocycles. The molecule has 0 aromatic heterocycles. The van der Waals surface area contributed by atoms with Gasteiger partial charge < -0.3 is 5.32 Å². The van der Waals surface area contributed by atoms with Gasteiger partial charge in [0.05, 0.1) is 5.02 Å². The fourth-order valence-corrected chi connectivity index (χ4v) is 2.68. The molecule has 1 nitrogen and oxygen atoms in total. The van der Waals surface area contributed by atoms with E-state index in [0.717, 1.165) is 5.56 Å². The number of benzene rings is 2. The summed E-state index contributed by atoms with van der Waals surface area (Å²) in [6.45, 7) is 2.65. The molecule has 21 heavy (non-hydrogen) atoms. The molecule has 112 valence electrons. The van der Waals surface area contributed by atoms with Gasteiger partial charge in [0.2, 0.25) is 0 Å². The van der Waals surface area contributed by atoms with Gasteiger partial charge in [0.1, 0.15) is 11.6 Å². The lowest BCUT2D eigenvalue weighted by molar-refractivity contribution is 0.509. The lowest BCUT2D eigenvalue weighted by Crippen LogP contribution is -2.24. The molecule has 5 heteroatoms. The Morgan fingerprint density at radius 3 is 2.43 bits per heavy atom. The molecule has 0 spiro atoms. The third kappa shape index (κ3) is 4.02. The summed E-state index contributed by atoms with van der Waals surface area (Å²) in [6.07, 6.45) is 0.559. The van der Waals surface area contributed by atoms with Crippen molar-refractivity contribution in [2.24, 2.45) is 0 Å². The van der Waals surface area contributed by atoms with Crippen LogP contribution in [0, 0.1) is 11.6 Å². The molecule has 0 aliphatic heterocycles. The Bertz CT molecular complexity index is 616.